The number of nitrogens with zero attached hydrogens (tertiary/aromatic N) is 7. The topological polar surface area (TPSA) is 147 Å². The van der Waals surface area contributed by atoms with Gasteiger partial charge in [-0.25, -0.2) is 20.5 Å². The summed E-state index contributed by atoms with van der Waals surface area (Å²) in [6.07, 6.45) is 7.36. The molecule has 0 aliphatic rings. The highest BCUT2D eigenvalue weighted by atomic mass is 16.5. The van der Waals surface area contributed by atoms with Crippen LogP contribution in [0.25, 0.3) is 11.4 Å². The number of ether oxygens (including phenoxy) is 1. The van der Waals surface area contributed by atoms with Gasteiger partial charge < -0.3 is 15.2 Å². The molecule has 4 aromatic rings. The lowest BCUT2D eigenvalue weighted by atomic mass is 10.1. The van der Waals surface area contributed by atoms with E-state index in [-0.39, 0.29) is 17.4 Å². The second-order valence-corrected chi connectivity index (χ2v) is 6.26. The Morgan fingerprint density at radius 1 is 1.17 bits per heavy atom. The van der Waals surface area contributed by atoms with Gasteiger partial charge >= 0.3 is 0 Å². The number of nitrogens with one attached hydrogen (secondary N) is 2. The highest BCUT2D eigenvalue weighted by molar-refractivity contribution is 5.58. The second kappa shape index (κ2) is 8.31. The number of hydrogen-bond acceptors (Lipinski definition) is 10. The maximum absolute atomic E-state index is 9.35. The van der Waals surface area contributed by atoms with Crippen molar-refractivity contribution in [2.45, 2.75) is 6.54 Å². The Morgan fingerprint density at radius 3 is 2.73 bits per heavy atom. The molecular formula is C19H17N9O2. The second-order valence-electron chi connectivity index (χ2n) is 6.26. The normalized spacial score (nSPS) is 10.6. The van der Waals surface area contributed by atoms with Crippen molar-refractivity contribution in [1.29, 1.82) is 5.53 Å². The molecule has 4 rings (SSSR count). The molecule has 0 saturated heterocycles. The summed E-state index contributed by atoms with van der Waals surface area (Å²) < 4.78 is 7.25. The van der Waals surface area contributed by atoms with Crippen LogP contribution in [0.15, 0.2) is 60.4 Å². The zero-order valence-corrected chi connectivity index (χ0v) is 15.9. The van der Waals surface area contributed by atoms with Crippen LogP contribution >= 0.6 is 0 Å². The van der Waals surface area contributed by atoms with Crippen molar-refractivity contribution in [1.82, 2.24) is 29.7 Å². The predicted octanol–water partition coefficient (Wildman–Crippen LogP) is 3.44. The summed E-state index contributed by atoms with van der Waals surface area (Å²) in [4.78, 5) is 16.7. The van der Waals surface area contributed by atoms with E-state index in [4.69, 9.17) is 10.3 Å². The van der Waals surface area contributed by atoms with Gasteiger partial charge in [-0.3, -0.25) is 4.68 Å². The lowest BCUT2D eigenvalue weighted by molar-refractivity contribution is 0.460. The number of benzene rings is 1. The van der Waals surface area contributed by atoms with Crippen LogP contribution in [0.4, 0.5) is 11.6 Å². The molecule has 11 heteroatoms. The largest absolute Gasteiger partial charge is 0.505 e. The molecule has 3 aromatic heterocycles. The molecule has 0 unspecified atom stereocenters. The third kappa shape index (κ3) is 4.35. The van der Waals surface area contributed by atoms with Crippen molar-refractivity contribution in [2.75, 3.05) is 5.32 Å². The van der Waals surface area contributed by atoms with Crippen LogP contribution in [0.5, 0.6) is 17.4 Å². The minimum absolute atomic E-state index is 0.00945. The maximum Gasteiger partial charge on any atom is 0.240 e. The van der Waals surface area contributed by atoms with E-state index in [1.807, 2.05) is 24.3 Å². The number of hydrogen-bond donors (Lipinski definition) is 3. The molecule has 11 nitrogen and oxygen atoms in total. The quantitative estimate of drug-likeness (QED) is 0.398. The summed E-state index contributed by atoms with van der Waals surface area (Å²) in [5.74, 6) is 1.75. The first-order valence-corrected chi connectivity index (χ1v) is 8.86. The molecule has 3 heterocycles. The van der Waals surface area contributed by atoms with E-state index in [2.05, 4.69) is 35.5 Å². The van der Waals surface area contributed by atoms with Crippen molar-refractivity contribution in [3.8, 4) is 28.8 Å². The molecule has 0 aliphatic carbocycles. The summed E-state index contributed by atoms with van der Waals surface area (Å²) in [5, 5.41) is 19.9. The van der Waals surface area contributed by atoms with Gasteiger partial charge in [0.05, 0.1) is 31.0 Å². The van der Waals surface area contributed by atoms with Crippen molar-refractivity contribution < 1.29 is 9.84 Å². The van der Waals surface area contributed by atoms with Gasteiger partial charge in [0.1, 0.15) is 0 Å². The van der Waals surface area contributed by atoms with Gasteiger partial charge in [-0.05, 0) is 11.6 Å². The summed E-state index contributed by atoms with van der Waals surface area (Å²) in [6, 6.07) is 7.60. The summed E-state index contributed by atoms with van der Waals surface area (Å²) in [6.45, 7) is 0.402. The average molecular weight is 403 g/mol. The van der Waals surface area contributed by atoms with Crippen LogP contribution in [0, 0.1) is 5.53 Å². The molecule has 0 fully saturated rings. The smallest absolute Gasteiger partial charge is 0.240 e. The van der Waals surface area contributed by atoms with E-state index in [0.717, 1.165) is 11.1 Å². The fourth-order valence-electron chi connectivity index (χ4n) is 2.66. The lowest BCUT2D eigenvalue weighted by Crippen LogP contribution is -2.03. The number of anilines is 1. The van der Waals surface area contributed by atoms with Gasteiger partial charge in [-0.2, -0.15) is 10.1 Å². The Labute approximate surface area is 171 Å². The fourth-order valence-corrected chi connectivity index (χ4v) is 2.66. The minimum Gasteiger partial charge on any atom is -0.505 e. The highest BCUT2D eigenvalue weighted by Crippen LogP contribution is 2.26. The molecule has 150 valence electrons. The Hall–Kier alpha value is -4.41. The van der Waals surface area contributed by atoms with E-state index in [0.29, 0.717) is 23.9 Å². The van der Waals surface area contributed by atoms with Crippen LogP contribution in [-0.4, -0.2) is 34.8 Å². The van der Waals surface area contributed by atoms with Gasteiger partial charge in [-0.15, -0.1) is 5.11 Å². The monoisotopic (exact) mass is 403 g/mol. The zero-order chi connectivity index (χ0) is 20.9. The first kappa shape index (κ1) is 18.9. The molecule has 0 amide bonds. The Balaban J connectivity index is 1.51. The fraction of sp³-hybridized carbons (Fsp3) is 0.105. The van der Waals surface area contributed by atoms with Crippen LogP contribution in [0.3, 0.4) is 0 Å². The van der Waals surface area contributed by atoms with E-state index in [1.165, 1.54) is 18.6 Å². The number of aromatic hydroxyl groups is 1. The number of aromatic nitrogens is 6. The Bertz CT molecular complexity index is 1170. The number of rotatable bonds is 7. The van der Waals surface area contributed by atoms with Crippen molar-refractivity contribution in [3.63, 3.8) is 0 Å². The molecule has 0 radical (unpaired) electrons. The molecule has 0 spiro atoms. The summed E-state index contributed by atoms with van der Waals surface area (Å²) in [5.41, 5.74) is 9.05. The maximum atomic E-state index is 9.35. The van der Waals surface area contributed by atoms with Gasteiger partial charge in [0.15, 0.2) is 23.1 Å². The standard InChI is InChI=1S/C19H17N9O2/c1-28-11-15(9-25-28)30-16-10-24-19(27-20)18(26-16)21-6-12-3-2-4-13(5-12)17-22-7-14(29)8-23-17/h2-5,7-11,20,29H,6H2,1H3,(H,21,26). The van der Waals surface area contributed by atoms with Crippen LogP contribution in [-0.2, 0) is 13.6 Å². The minimum atomic E-state index is 0.00945. The third-order valence-corrected chi connectivity index (χ3v) is 4.02. The highest BCUT2D eigenvalue weighted by Gasteiger charge is 2.10. The van der Waals surface area contributed by atoms with Crippen LogP contribution < -0.4 is 10.1 Å². The molecule has 30 heavy (non-hydrogen) atoms. The van der Waals surface area contributed by atoms with Crippen LogP contribution in [0.1, 0.15) is 5.56 Å². The Morgan fingerprint density at radius 2 is 2.00 bits per heavy atom. The molecule has 0 bridgehead atoms. The predicted molar refractivity (Wildman–Crippen MR) is 107 cm³/mol. The van der Waals surface area contributed by atoms with Gasteiger partial charge in [0.25, 0.3) is 0 Å². The van der Waals surface area contributed by atoms with E-state index in [1.54, 1.807) is 24.1 Å². The first-order chi connectivity index (χ1) is 14.6. The zero-order valence-electron chi connectivity index (χ0n) is 15.9. The summed E-state index contributed by atoms with van der Waals surface area (Å²) >= 11 is 0. The lowest BCUT2D eigenvalue weighted by Gasteiger charge is -2.10. The third-order valence-electron chi connectivity index (χ3n) is 4.02. The first-order valence-electron chi connectivity index (χ1n) is 8.86. The molecular weight excluding hydrogens is 386 g/mol. The van der Waals surface area contributed by atoms with Crippen molar-refractivity contribution in [3.05, 3.63) is 60.8 Å². The van der Waals surface area contributed by atoms with Crippen LogP contribution in [0.2, 0.25) is 0 Å². The molecule has 0 saturated carbocycles. The van der Waals surface area contributed by atoms with Gasteiger partial charge in [0, 0.05) is 19.2 Å². The van der Waals surface area contributed by atoms with Gasteiger partial charge in [-0.1, -0.05) is 18.2 Å². The average Bonchev–Trinajstić information content (AvgIpc) is 3.17. The number of aryl methyl sites for hydroxylation is 1. The van der Waals surface area contributed by atoms with Gasteiger partial charge in [0.2, 0.25) is 11.7 Å². The van der Waals surface area contributed by atoms with E-state index < -0.39 is 0 Å². The van der Waals surface area contributed by atoms with E-state index in [9.17, 15) is 5.11 Å². The van der Waals surface area contributed by atoms with Crippen molar-refractivity contribution >= 4 is 11.6 Å². The SMILES string of the molecule is Cn1cc(Oc2cnc(N=N)c(NCc3cccc(-c4ncc(O)cn4)c3)n2)cn1. The Kier molecular flexibility index (Phi) is 5.24. The van der Waals surface area contributed by atoms with Crippen molar-refractivity contribution in [2.24, 2.45) is 12.2 Å². The molecule has 0 atom stereocenters. The summed E-state index contributed by atoms with van der Waals surface area (Å²) in [7, 11) is 1.78. The molecule has 0 aliphatic heterocycles. The molecule has 1 aromatic carbocycles. The molecule has 3 N–H and O–H groups in total. The van der Waals surface area contributed by atoms with E-state index >= 15 is 0 Å².